The quantitative estimate of drug-likeness (QED) is 0.496. The normalized spacial score (nSPS) is 14.5. The monoisotopic (exact) mass is 491 g/mol. The molecule has 0 aliphatic heterocycles. The lowest BCUT2D eigenvalue weighted by Gasteiger charge is -2.28. The summed E-state index contributed by atoms with van der Waals surface area (Å²) >= 11 is 6.32. The van der Waals surface area contributed by atoms with Crippen LogP contribution in [0.4, 0.5) is 18.0 Å². The van der Waals surface area contributed by atoms with Crippen LogP contribution in [0, 0.1) is 0 Å². The molecule has 2 atom stereocenters. The lowest BCUT2D eigenvalue weighted by molar-refractivity contribution is -0.137. The van der Waals surface area contributed by atoms with E-state index in [-0.39, 0.29) is 18.1 Å². The third-order valence-corrected chi connectivity index (χ3v) is 6.53. The number of hydrogen-bond acceptors (Lipinski definition) is 4. The fraction of sp³-hybridized carbons (Fsp3) is 0.409. The summed E-state index contributed by atoms with van der Waals surface area (Å²) in [4.78, 5) is 12.0. The van der Waals surface area contributed by atoms with Crippen molar-refractivity contribution in [2.45, 2.75) is 54.6 Å². The predicted molar refractivity (Wildman–Crippen MR) is 116 cm³/mol. The Morgan fingerprint density at radius 2 is 1.88 bits per heavy atom. The topological polar surface area (TPSA) is 75.6 Å². The van der Waals surface area contributed by atoms with Gasteiger partial charge >= 0.3 is 12.3 Å². The van der Waals surface area contributed by atoms with Gasteiger partial charge in [0.15, 0.2) is 0 Å². The maximum Gasteiger partial charge on any atom is 0.416 e. The Bertz CT molecular complexity index is 970. The van der Waals surface area contributed by atoms with E-state index in [0.717, 1.165) is 17.7 Å². The number of alkyl carbamates (subject to hydrolysis) is 1. The fourth-order valence-electron chi connectivity index (χ4n) is 3.03. The summed E-state index contributed by atoms with van der Waals surface area (Å²) in [5.41, 5.74) is -0.966. The van der Waals surface area contributed by atoms with E-state index in [1.807, 2.05) is 0 Å². The first-order chi connectivity index (χ1) is 15.0. The third-order valence-electron chi connectivity index (χ3n) is 4.82. The summed E-state index contributed by atoms with van der Waals surface area (Å²) in [6.45, 7) is 3.33. The lowest BCUT2D eigenvalue weighted by atomic mass is 9.94. The highest BCUT2D eigenvalue weighted by atomic mass is 35.5. The Morgan fingerprint density at radius 1 is 1.19 bits per heavy atom. The number of hydrogen-bond donors (Lipinski definition) is 2. The average Bonchev–Trinajstić information content (AvgIpc) is 2.74. The summed E-state index contributed by atoms with van der Waals surface area (Å²) < 4.78 is 56.3. The SMILES string of the molecule is CCOC(=O)N[C@@](C)(CO)CCCc1ccc(S(=O)c2cccc(C(F)(F)F)c2)cc1Cl. The molecule has 0 aliphatic carbocycles. The largest absolute Gasteiger partial charge is 0.450 e. The molecule has 32 heavy (non-hydrogen) atoms. The molecule has 0 radical (unpaired) electrons. The molecule has 0 aliphatic rings. The lowest BCUT2D eigenvalue weighted by Crippen LogP contribution is -2.49. The van der Waals surface area contributed by atoms with Crippen LogP contribution in [-0.4, -0.2) is 34.2 Å². The molecular weight excluding hydrogens is 467 g/mol. The van der Waals surface area contributed by atoms with E-state index in [0.29, 0.717) is 29.2 Å². The number of ether oxygens (including phenoxy) is 1. The van der Waals surface area contributed by atoms with Crippen LogP contribution in [0.5, 0.6) is 0 Å². The molecule has 2 N–H and O–H groups in total. The van der Waals surface area contributed by atoms with Crippen molar-refractivity contribution in [1.29, 1.82) is 0 Å². The molecule has 5 nitrogen and oxygen atoms in total. The van der Waals surface area contributed by atoms with Crippen LogP contribution in [0.25, 0.3) is 0 Å². The Balaban J connectivity index is 2.06. The van der Waals surface area contributed by atoms with Crippen LogP contribution in [-0.2, 0) is 28.1 Å². The van der Waals surface area contributed by atoms with Crippen molar-refractivity contribution in [2.75, 3.05) is 13.2 Å². The zero-order valence-electron chi connectivity index (χ0n) is 17.7. The second-order valence-electron chi connectivity index (χ2n) is 7.47. The zero-order chi connectivity index (χ0) is 23.9. The van der Waals surface area contributed by atoms with Gasteiger partial charge in [-0.2, -0.15) is 13.2 Å². The number of carbonyl (C=O) groups is 1. The molecular formula is C22H25ClF3NO4S. The molecule has 2 aromatic carbocycles. The number of benzene rings is 2. The standard InChI is InChI=1S/C22H25ClF3NO4S/c1-3-31-20(29)27-21(2,14-28)11-5-6-15-9-10-18(13-19(15)23)32(30)17-8-4-7-16(12-17)22(24,25)26/h4,7-10,12-13,28H,3,5-6,11,14H2,1-2H3,(H,27,29)/t21-,32?/m1/s1. The van der Waals surface area contributed by atoms with Crippen molar-refractivity contribution in [2.24, 2.45) is 0 Å². The minimum Gasteiger partial charge on any atom is -0.450 e. The Kier molecular flexibility index (Phi) is 9.12. The summed E-state index contributed by atoms with van der Waals surface area (Å²) in [6, 6.07) is 9.11. The number of aliphatic hydroxyl groups excluding tert-OH is 1. The van der Waals surface area contributed by atoms with Crippen LogP contribution < -0.4 is 5.32 Å². The first kappa shape index (κ1) is 26.2. The van der Waals surface area contributed by atoms with E-state index in [4.69, 9.17) is 16.3 Å². The molecule has 1 unspecified atom stereocenters. The number of aryl methyl sites for hydroxylation is 1. The van der Waals surface area contributed by atoms with Gasteiger partial charge in [0.2, 0.25) is 0 Å². The second kappa shape index (κ2) is 11.2. The molecule has 0 bridgehead atoms. The van der Waals surface area contributed by atoms with Gasteiger partial charge in [0.05, 0.1) is 35.1 Å². The number of alkyl halides is 3. The minimum atomic E-state index is -4.52. The summed E-state index contributed by atoms with van der Waals surface area (Å²) in [7, 11) is -1.82. The van der Waals surface area contributed by atoms with Crippen LogP contribution in [0.1, 0.15) is 37.8 Å². The van der Waals surface area contributed by atoms with Crippen molar-refractivity contribution in [3.05, 3.63) is 58.6 Å². The van der Waals surface area contributed by atoms with Gasteiger partial charge in [-0.3, -0.25) is 0 Å². The molecule has 0 aromatic heterocycles. The van der Waals surface area contributed by atoms with Crippen LogP contribution in [0.2, 0.25) is 5.02 Å². The van der Waals surface area contributed by atoms with Crippen molar-refractivity contribution in [3.8, 4) is 0 Å². The highest BCUT2D eigenvalue weighted by molar-refractivity contribution is 7.85. The van der Waals surface area contributed by atoms with Gasteiger partial charge in [-0.25, -0.2) is 9.00 Å². The Hall–Kier alpha value is -2.10. The summed E-state index contributed by atoms with van der Waals surface area (Å²) in [6.07, 6.45) is -3.57. The Morgan fingerprint density at radius 3 is 2.47 bits per heavy atom. The van der Waals surface area contributed by atoms with Gasteiger partial charge in [0.1, 0.15) is 0 Å². The van der Waals surface area contributed by atoms with Crippen LogP contribution in [0.15, 0.2) is 52.3 Å². The molecule has 0 heterocycles. The van der Waals surface area contributed by atoms with Crippen LogP contribution >= 0.6 is 11.6 Å². The van der Waals surface area contributed by atoms with E-state index in [1.165, 1.54) is 18.2 Å². The molecule has 0 saturated carbocycles. The summed E-state index contributed by atoms with van der Waals surface area (Å²) in [5, 5.41) is 12.6. The molecule has 176 valence electrons. The van der Waals surface area contributed by atoms with Crippen LogP contribution in [0.3, 0.4) is 0 Å². The zero-order valence-corrected chi connectivity index (χ0v) is 19.2. The predicted octanol–water partition coefficient (Wildman–Crippen LogP) is 5.35. The number of rotatable bonds is 9. The average molecular weight is 492 g/mol. The second-order valence-corrected chi connectivity index (χ2v) is 9.35. The summed E-state index contributed by atoms with van der Waals surface area (Å²) in [5.74, 6) is 0. The van der Waals surface area contributed by atoms with E-state index in [2.05, 4.69) is 5.32 Å². The highest BCUT2D eigenvalue weighted by Crippen LogP contribution is 2.31. The molecule has 1 amide bonds. The first-order valence-corrected chi connectivity index (χ1v) is 11.4. The van der Waals surface area contributed by atoms with Gasteiger partial charge in [-0.05, 0) is 69.0 Å². The highest BCUT2D eigenvalue weighted by Gasteiger charge is 2.31. The van der Waals surface area contributed by atoms with E-state index in [9.17, 15) is 27.3 Å². The Labute approximate surface area is 192 Å². The number of aliphatic hydroxyl groups is 1. The fourth-order valence-corrected chi connectivity index (χ4v) is 4.50. The van der Waals surface area contributed by atoms with Crippen molar-refractivity contribution >= 4 is 28.5 Å². The number of carbonyl (C=O) groups excluding carboxylic acids is 1. The molecule has 2 rings (SSSR count). The van der Waals surface area contributed by atoms with Gasteiger partial charge < -0.3 is 15.2 Å². The molecule has 2 aromatic rings. The third kappa shape index (κ3) is 7.21. The molecule has 0 fully saturated rings. The minimum absolute atomic E-state index is 0.0346. The molecule has 0 spiro atoms. The smallest absolute Gasteiger partial charge is 0.416 e. The van der Waals surface area contributed by atoms with Gasteiger partial charge in [0.25, 0.3) is 0 Å². The number of amides is 1. The number of nitrogens with one attached hydrogen (secondary N) is 1. The van der Waals surface area contributed by atoms with Gasteiger partial charge in [0, 0.05) is 14.8 Å². The maximum atomic E-state index is 12.9. The van der Waals surface area contributed by atoms with E-state index in [1.54, 1.807) is 26.0 Å². The number of halogens is 4. The van der Waals surface area contributed by atoms with Crippen molar-refractivity contribution < 1.29 is 32.0 Å². The van der Waals surface area contributed by atoms with E-state index < -0.39 is 34.2 Å². The van der Waals surface area contributed by atoms with Gasteiger partial charge in [-0.1, -0.05) is 23.7 Å². The first-order valence-electron chi connectivity index (χ1n) is 9.92. The molecule has 0 saturated heterocycles. The van der Waals surface area contributed by atoms with E-state index >= 15 is 0 Å². The van der Waals surface area contributed by atoms with Gasteiger partial charge in [-0.15, -0.1) is 0 Å². The maximum absolute atomic E-state index is 12.9. The molecule has 10 heteroatoms. The van der Waals surface area contributed by atoms with Crippen molar-refractivity contribution in [1.82, 2.24) is 5.32 Å². The van der Waals surface area contributed by atoms with Crippen molar-refractivity contribution in [3.63, 3.8) is 0 Å².